The molecule has 0 radical (unpaired) electrons. The molecule has 10 heteroatoms. The zero-order valence-electron chi connectivity index (χ0n) is 24.0. The van der Waals surface area contributed by atoms with E-state index in [2.05, 4.69) is 10.1 Å². The minimum atomic E-state index is -0.283. The molecule has 2 aromatic carbocycles. The molecule has 7 nitrogen and oxygen atoms in total. The van der Waals surface area contributed by atoms with Gasteiger partial charge in [-0.15, -0.1) is 0 Å². The normalized spacial score (nSPS) is 23.6. The van der Waals surface area contributed by atoms with Crippen molar-refractivity contribution in [3.05, 3.63) is 62.8 Å². The van der Waals surface area contributed by atoms with Crippen LogP contribution in [0.3, 0.4) is 0 Å². The van der Waals surface area contributed by atoms with Gasteiger partial charge in [0, 0.05) is 35.5 Å². The van der Waals surface area contributed by atoms with E-state index in [1.807, 2.05) is 30.3 Å². The summed E-state index contributed by atoms with van der Waals surface area (Å²) in [6.07, 6.45) is 9.17. The van der Waals surface area contributed by atoms with Crippen molar-refractivity contribution in [2.75, 3.05) is 18.6 Å². The maximum Gasteiger partial charge on any atom is 0.337 e. The van der Waals surface area contributed by atoms with Gasteiger partial charge in [0.2, 0.25) is 0 Å². The van der Waals surface area contributed by atoms with Gasteiger partial charge in [0.25, 0.3) is 0 Å². The smallest absolute Gasteiger partial charge is 0.337 e. The van der Waals surface area contributed by atoms with Crippen LogP contribution >= 0.6 is 34.5 Å². The number of carbonyl (C=O) groups is 1. The van der Waals surface area contributed by atoms with E-state index in [0.29, 0.717) is 57.3 Å². The molecule has 0 amide bonds. The lowest BCUT2D eigenvalue weighted by atomic mass is 9.95. The third kappa shape index (κ3) is 4.95. The number of benzene rings is 2. The summed E-state index contributed by atoms with van der Waals surface area (Å²) >= 11 is 14.8. The summed E-state index contributed by atoms with van der Waals surface area (Å²) in [5.41, 5.74) is 5.27. The van der Waals surface area contributed by atoms with Crippen LogP contribution in [-0.2, 0) is 16.1 Å². The van der Waals surface area contributed by atoms with Crippen LogP contribution in [0.4, 0.5) is 5.13 Å². The first-order chi connectivity index (χ1) is 21.0. The Labute approximate surface area is 264 Å². The summed E-state index contributed by atoms with van der Waals surface area (Å²) < 4.78 is 18.6. The summed E-state index contributed by atoms with van der Waals surface area (Å²) in [4.78, 5) is 20.2. The number of ether oxygens (including phenoxy) is 2. The lowest BCUT2D eigenvalue weighted by molar-refractivity contribution is 0.0122. The van der Waals surface area contributed by atoms with Crippen LogP contribution in [0.1, 0.15) is 90.4 Å². The highest BCUT2D eigenvalue weighted by atomic mass is 35.5. The number of anilines is 1. The second kappa shape index (κ2) is 11.1. The first-order valence-electron chi connectivity index (χ1n) is 15.3. The lowest BCUT2D eigenvalue weighted by Crippen LogP contribution is -2.38. The van der Waals surface area contributed by atoms with Gasteiger partial charge < -0.3 is 18.9 Å². The van der Waals surface area contributed by atoms with E-state index < -0.39 is 0 Å². The molecule has 224 valence electrons. The van der Waals surface area contributed by atoms with Crippen molar-refractivity contribution in [1.82, 2.24) is 10.1 Å². The fraction of sp³-hybridized carbons (Fsp3) is 0.485. The van der Waals surface area contributed by atoms with Gasteiger partial charge in [-0.05, 0) is 74.3 Å². The van der Waals surface area contributed by atoms with Gasteiger partial charge in [-0.1, -0.05) is 58.6 Å². The molecule has 3 saturated carbocycles. The van der Waals surface area contributed by atoms with Crippen molar-refractivity contribution < 1.29 is 18.8 Å². The number of piperidine rings is 1. The second-order valence-corrected chi connectivity index (χ2v) is 14.3. The Balaban J connectivity index is 1.02. The number of halogens is 2. The molecule has 3 heterocycles. The number of fused-ring (bicyclic) bond motifs is 3. The molecule has 3 aliphatic carbocycles. The molecule has 4 aliphatic rings. The highest BCUT2D eigenvalue weighted by molar-refractivity contribution is 7.22. The summed E-state index contributed by atoms with van der Waals surface area (Å²) in [5, 5.41) is 6.60. The highest BCUT2D eigenvalue weighted by Crippen LogP contribution is 2.49. The summed E-state index contributed by atoms with van der Waals surface area (Å²) in [7, 11) is 1.45. The van der Waals surface area contributed by atoms with Crippen LogP contribution in [-0.4, -0.2) is 41.9 Å². The quantitative estimate of drug-likeness (QED) is 0.179. The Morgan fingerprint density at radius 3 is 2.58 bits per heavy atom. The zero-order valence-corrected chi connectivity index (χ0v) is 26.3. The van der Waals surface area contributed by atoms with Crippen LogP contribution in [0.15, 0.2) is 34.9 Å². The molecule has 8 rings (SSSR count). The average molecular weight is 639 g/mol. The fourth-order valence-corrected chi connectivity index (χ4v) is 9.23. The largest absolute Gasteiger partial charge is 0.465 e. The molecule has 4 fully saturated rings. The van der Waals surface area contributed by atoms with Gasteiger partial charge in [0.05, 0.1) is 45.6 Å². The molecule has 1 saturated heterocycles. The molecule has 1 aliphatic heterocycles. The van der Waals surface area contributed by atoms with Crippen molar-refractivity contribution in [2.45, 2.75) is 82.0 Å². The maximum atomic E-state index is 12.5. The van der Waals surface area contributed by atoms with Gasteiger partial charge in [-0.2, -0.15) is 0 Å². The standard InChI is InChI=1S/C33H33Cl2N3O4S/c1-40-32(39)19-12-22(17-5-2-3-6-17)29-27(13-19)43-33(36-29)38-15-20-11-21(38)14-26(20)41-16-23-30(37-42-31(23)18-9-10-18)28-24(34)7-4-8-25(28)35/h4,7-8,12-13,17-18,20-21,26H,2-3,5-6,9-11,14-16H2,1H3/t20-,21-,26+/m0/s1. The number of methoxy groups -OCH3 is 1. The third-order valence-electron chi connectivity index (χ3n) is 9.86. The SMILES string of the molecule is COC(=O)c1cc(C2CCCC2)c2nc(N3C[C@@H]4C[C@H]3C[C@H]4OCc3c(-c4c(Cl)cccc4Cl)noc3C3CC3)sc2c1. The number of hydrogen-bond donors (Lipinski definition) is 0. The maximum absolute atomic E-state index is 12.5. The lowest BCUT2D eigenvalue weighted by Gasteiger charge is -2.31. The van der Waals surface area contributed by atoms with Gasteiger partial charge >= 0.3 is 5.97 Å². The van der Waals surface area contributed by atoms with Crippen molar-refractivity contribution >= 4 is 55.9 Å². The predicted molar refractivity (Wildman–Crippen MR) is 169 cm³/mol. The number of aromatic nitrogens is 2. The van der Waals surface area contributed by atoms with Gasteiger partial charge in [-0.25, -0.2) is 9.78 Å². The Hall–Kier alpha value is -2.65. The molecule has 43 heavy (non-hydrogen) atoms. The first kappa shape index (κ1) is 27.9. The van der Waals surface area contributed by atoms with Crippen molar-refractivity contribution in [3.8, 4) is 11.3 Å². The molecular weight excluding hydrogens is 605 g/mol. The zero-order chi connectivity index (χ0) is 29.2. The van der Waals surface area contributed by atoms with Crippen molar-refractivity contribution in [2.24, 2.45) is 5.92 Å². The second-order valence-electron chi connectivity index (χ2n) is 12.5. The Kier molecular flexibility index (Phi) is 7.17. The third-order valence-corrected chi connectivity index (χ3v) is 11.5. The molecule has 3 atom stereocenters. The van der Waals surface area contributed by atoms with Gasteiger partial charge in [0.15, 0.2) is 5.13 Å². The molecule has 0 N–H and O–H groups in total. The van der Waals surface area contributed by atoms with E-state index in [1.165, 1.54) is 25.5 Å². The number of esters is 1. The van der Waals surface area contributed by atoms with E-state index in [9.17, 15) is 4.79 Å². The van der Waals surface area contributed by atoms with Crippen LogP contribution < -0.4 is 4.90 Å². The summed E-state index contributed by atoms with van der Waals surface area (Å²) in [6.45, 7) is 1.35. The van der Waals surface area contributed by atoms with E-state index in [-0.39, 0.29) is 12.1 Å². The molecule has 2 bridgehead atoms. The van der Waals surface area contributed by atoms with Crippen LogP contribution in [0, 0.1) is 5.92 Å². The molecule has 2 aromatic heterocycles. The van der Waals surface area contributed by atoms with E-state index in [1.54, 1.807) is 11.3 Å². The Bertz CT molecular complexity index is 1690. The number of nitrogens with zero attached hydrogens (tertiary/aromatic N) is 3. The minimum Gasteiger partial charge on any atom is -0.465 e. The monoisotopic (exact) mass is 637 g/mol. The van der Waals surface area contributed by atoms with Crippen LogP contribution in [0.2, 0.25) is 10.0 Å². The number of rotatable bonds is 8. The molecular formula is C33H33Cl2N3O4S. The van der Waals surface area contributed by atoms with E-state index in [0.717, 1.165) is 71.7 Å². The van der Waals surface area contributed by atoms with E-state index in [4.69, 9.17) is 42.2 Å². The van der Waals surface area contributed by atoms with Crippen LogP contribution in [0.5, 0.6) is 0 Å². The molecule has 0 unspecified atom stereocenters. The van der Waals surface area contributed by atoms with Crippen molar-refractivity contribution in [1.29, 1.82) is 0 Å². The average Bonchev–Trinajstić information content (AvgIpc) is 3.52. The topological polar surface area (TPSA) is 77.7 Å². The Morgan fingerprint density at radius 2 is 1.88 bits per heavy atom. The number of carbonyl (C=O) groups excluding carboxylic acids is 1. The summed E-state index contributed by atoms with van der Waals surface area (Å²) in [5.74, 6) is 1.90. The van der Waals surface area contributed by atoms with Gasteiger partial charge in [0.1, 0.15) is 11.5 Å². The molecule has 0 spiro atoms. The highest BCUT2D eigenvalue weighted by Gasteiger charge is 2.47. The first-order valence-corrected chi connectivity index (χ1v) is 16.9. The number of thiazole rings is 1. The van der Waals surface area contributed by atoms with Crippen molar-refractivity contribution in [3.63, 3.8) is 0 Å². The van der Waals surface area contributed by atoms with Crippen LogP contribution in [0.25, 0.3) is 21.5 Å². The number of hydrogen-bond acceptors (Lipinski definition) is 8. The predicted octanol–water partition coefficient (Wildman–Crippen LogP) is 8.76. The fourth-order valence-electron chi connectivity index (χ4n) is 7.53. The van der Waals surface area contributed by atoms with E-state index >= 15 is 0 Å². The van der Waals surface area contributed by atoms with Gasteiger partial charge in [-0.3, -0.25) is 0 Å². The minimum absolute atomic E-state index is 0.159. The Morgan fingerprint density at radius 1 is 1.09 bits per heavy atom. The summed E-state index contributed by atoms with van der Waals surface area (Å²) in [6, 6.07) is 9.87. The molecule has 4 aromatic rings.